The second-order valence-electron chi connectivity index (χ2n) is 11.7. The van der Waals surface area contributed by atoms with Gasteiger partial charge in [0.25, 0.3) is 5.91 Å². The quantitative estimate of drug-likeness (QED) is 0.478. The standard InChI is InChI=1S/C30H38N4O5/c1-19-8-11-32-25-21(17-34(26(19)25)14-15-37-5)27(35)33-12-9-30(10-13-33)18-38-23-7-6-20(16-22(23)30)24(31)28(36)39-29(2,3)4/h6-8,11,16-17,24H,9-10,12-15,18,31H2,1-5H3. The summed E-state index contributed by atoms with van der Waals surface area (Å²) in [5.41, 5.74) is 10.6. The fourth-order valence-electron chi connectivity index (χ4n) is 5.71. The molecule has 2 aliphatic rings. The van der Waals surface area contributed by atoms with Crippen molar-refractivity contribution in [2.24, 2.45) is 5.73 Å². The van der Waals surface area contributed by atoms with Crippen molar-refractivity contribution >= 4 is 22.9 Å². The number of fused-ring (bicyclic) bond motifs is 3. The summed E-state index contributed by atoms with van der Waals surface area (Å²) in [6, 6.07) is 6.80. The van der Waals surface area contributed by atoms with Gasteiger partial charge < -0.3 is 29.4 Å². The number of hydrogen-bond donors (Lipinski definition) is 1. The highest BCUT2D eigenvalue weighted by atomic mass is 16.6. The third-order valence-corrected chi connectivity index (χ3v) is 7.83. The van der Waals surface area contributed by atoms with E-state index in [0.717, 1.165) is 40.8 Å². The highest BCUT2D eigenvalue weighted by molar-refractivity contribution is 6.06. The normalized spacial score (nSPS) is 17.2. The van der Waals surface area contributed by atoms with Gasteiger partial charge in [-0.05, 0) is 69.9 Å². The molecule has 1 amide bonds. The number of piperidine rings is 1. The van der Waals surface area contributed by atoms with Crippen LogP contribution in [0, 0.1) is 6.92 Å². The van der Waals surface area contributed by atoms with Crippen molar-refractivity contribution in [1.29, 1.82) is 0 Å². The van der Waals surface area contributed by atoms with Crippen LogP contribution in [0.4, 0.5) is 0 Å². The molecule has 2 aliphatic heterocycles. The zero-order valence-electron chi connectivity index (χ0n) is 23.5. The van der Waals surface area contributed by atoms with Crippen LogP contribution < -0.4 is 10.5 Å². The maximum atomic E-state index is 13.7. The minimum Gasteiger partial charge on any atom is -0.492 e. The highest BCUT2D eigenvalue weighted by Gasteiger charge is 2.44. The van der Waals surface area contributed by atoms with Gasteiger partial charge in [0.2, 0.25) is 0 Å². The van der Waals surface area contributed by atoms with Gasteiger partial charge in [0.15, 0.2) is 0 Å². The first-order chi connectivity index (χ1) is 18.5. The Kier molecular flexibility index (Phi) is 7.15. The van der Waals surface area contributed by atoms with Crippen molar-refractivity contribution in [3.8, 4) is 5.75 Å². The number of benzene rings is 1. The number of nitrogens with zero attached hydrogens (tertiary/aromatic N) is 3. The summed E-state index contributed by atoms with van der Waals surface area (Å²) in [6.07, 6.45) is 5.18. The monoisotopic (exact) mass is 534 g/mol. The molecule has 5 rings (SSSR count). The van der Waals surface area contributed by atoms with Gasteiger partial charge in [-0.2, -0.15) is 0 Å². The van der Waals surface area contributed by atoms with E-state index in [4.69, 9.17) is 19.9 Å². The molecule has 0 bridgehead atoms. The first-order valence-corrected chi connectivity index (χ1v) is 13.5. The average Bonchev–Trinajstić information content (AvgIpc) is 3.45. The largest absolute Gasteiger partial charge is 0.492 e. The summed E-state index contributed by atoms with van der Waals surface area (Å²) in [7, 11) is 1.67. The average molecular weight is 535 g/mol. The predicted molar refractivity (Wildman–Crippen MR) is 148 cm³/mol. The van der Waals surface area contributed by atoms with E-state index in [1.807, 2.05) is 63.1 Å². The molecule has 3 aromatic rings. The van der Waals surface area contributed by atoms with Crippen LogP contribution in [0.2, 0.25) is 0 Å². The molecule has 1 saturated heterocycles. The number of carbonyl (C=O) groups excluding carboxylic acids is 2. The van der Waals surface area contributed by atoms with E-state index in [-0.39, 0.29) is 11.3 Å². The molecule has 1 atom stereocenters. The summed E-state index contributed by atoms with van der Waals surface area (Å²) in [4.78, 5) is 32.8. The van der Waals surface area contributed by atoms with Crippen molar-refractivity contribution in [2.75, 3.05) is 33.4 Å². The summed E-state index contributed by atoms with van der Waals surface area (Å²) in [5, 5.41) is 0. The smallest absolute Gasteiger partial charge is 0.328 e. The summed E-state index contributed by atoms with van der Waals surface area (Å²) in [5.74, 6) is 0.351. The fourth-order valence-corrected chi connectivity index (χ4v) is 5.71. The van der Waals surface area contributed by atoms with Crippen molar-refractivity contribution in [2.45, 2.75) is 64.1 Å². The van der Waals surface area contributed by atoms with Gasteiger partial charge >= 0.3 is 5.97 Å². The number of nitrogens with two attached hydrogens (primary N) is 1. The number of hydrogen-bond acceptors (Lipinski definition) is 7. The molecule has 9 nitrogen and oxygen atoms in total. The maximum Gasteiger partial charge on any atom is 0.328 e. The number of pyridine rings is 1. The predicted octanol–water partition coefficient (Wildman–Crippen LogP) is 3.90. The number of rotatable bonds is 6. The fraction of sp³-hybridized carbons (Fsp3) is 0.500. The lowest BCUT2D eigenvalue weighted by Gasteiger charge is -2.38. The molecule has 1 aromatic carbocycles. The lowest BCUT2D eigenvalue weighted by Crippen LogP contribution is -2.46. The van der Waals surface area contributed by atoms with E-state index >= 15 is 0 Å². The molecule has 1 fully saturated rings. The lowest BCUT2D eigenvalue weighted by molar-refractivity contribution is -0.156. The minimum absolute atomic E-state index is 0.0102. The number of aromatic nitrogens is 2. The second kappa shape index (κ2) is 10.3. The van der Waals surface area contributed by atoms with Crippen LogP contribution in [0.5, 0.6) is 5.75 Å². The number of aryl methyl sites for hydroxylation is 1. The molecule has 39 heavy (non-hydrogen) atoms. The molecule has 1 unspecified atom stereocenters. The first kappa shape index (κ1) is 27.1. The van der Waals surface area contributed by atoms with Gasteiger partial charge in [-0.25, -0.2) is 4.79 Å². The van der Waals surface area contributed by atoms with Crippen LogP contribution in [0.15, 0.2) is 36.7 Å². The van der Waals surface area contributed by atoms with Gasteiger partial charge in [0.1, 0.15) is 22.9 Å². The minimum atomic E-state index is -0.875. The Labute approximate surface area is 229 Å². The lowest BCUT2D eigenvalue weighted by atomic mass is 9.73. The number of ether oxygens (including phenoxy) is 3. The molecule has 1 spiro atoms. The number of carbonyl (C=O) groups is 2. The summed E-state index contributed by atoms with van der Waals surface area (Å²) >= 11 is 0. The molecule has 2 N–H and O–H groups in total. The number of amides is 1. The molecule has 4 heterocycles. The van der Waals surface area contributed by atoms with E-state index in [0.29, 0.717) is 44.0 Å². The van der Waals surface area contributed by atoms with Crippen LogP contribution in [0.3, 0.4) is 0 Å². The van der Waals surface area contributed by atoms with Crippen molar-refractivity contribution in [1.82, 2.24) is 14.5 Å². The zero-order chi connectivity index (χ0) is 27.9. The van der Waals surface area contributed by atoms with Crippen LogP contribution >= 0.6 is 0 Å². The first-order valence-electron chi connectivity index (χ1n) is 13.5. The zero-order valence-corrected chi connectivity index (χ0v) is 23.5. The summed E-state index contributed by atoms with van der Waals surface area (Å²) < 4.78 is 18.9. The summed E-state index contributed by atoms with van der Waals surface area (Å²) in [6.45, 7) is 10.5. The van der Waals surface area contributed by atoms with Gasteiger partial charge in [-0.1, -0.05) is 6.07 Å². The molecular weight excluding hydrogens is 496 g/mol. The van der Waals surface area contributed by atoms with E-state index in [2.05, 4.69) is 9.55 Å². The Bertz CT molecular complexity index is 1400. The molecule has 208 valence electrons. The maximum absolute atomic E-state index is 13.7. The molecule has 9 heteroatoms. The van der Waals surface area contributed by atoms with Crippen molar-refractivity contribution in [3.05, 3.63) is 58.9 Å². The Morgan fingerprint density at radius 2 is 1.95 bits per heavy atom. The van der Waals surface area contributed by atoms with Crippen molar-refractivity contribution in [3.63, 3.8) is 0 Å². The van der Waals surface area contributed by atoms with E-state index < -0.39 is 17.6 Å². The van der Waals surface area contributed by atoms with Gasteiger partial charge in [-0.3, -0.25) is 9.78 Å². The SMILES string of the molecule is COCCn1cc(C(=O)N2CCC3(CC2)COc2ccc(C(N)C(=O)OC(C)(C)C)cc23)c2nccc(C)c21. The Morgan fingerprint density at radius 1 is 1.21 bits per heavy atom. The number of likely N-dealkylation sites (tertiary alicyclic amines) is 1. The molecule has 2 aromatic heterocycles. The van der Waals surface area contributed by atoms with Crippen LogP contribution in [-0.4, -0.2) is 65.3 Å². The molecule has 0 radical (unpaired) electrons. The van der Waals surface area contributed by atoms with Crippen LogP contribution in [0.25, 0.3) is 11.0 Å². The molecule has 0 saturated carbocycles. The van der Waals surface area contributed by atoms with E-state index in [9.17, 15) is 9.59 Å². The Hall–Kier alpha value is -3.43. The Morgan fingerprint density at radius 3 is 2.64 bits per heavy atom. The number of methoxy groups -OCH3 is 1. The molecule has 0 aliphatic carbocycles. The van der Waals surface area contributed by atoms with Crippen molar-refractivity contribution < 1.29 is 23.8 Å². The number of esters is 1. The third-order valence-electron chi connectivity index (χ3n) is 7.83. The van der Waals surface area contributed by atoms with Gasteiger partial charge in [0.05, 0.1) is 24.3 Å². The van der Waals surface area contributed by atoms with E-state index in [1.54, 1.807) is 13.3 Å². The van der Waals surface area contributed by atoms with Gasteiger partial charge in [-0.15, -0.1) is 0 Å². The van der Waals surface area contributed by atoms with E-state index in [1.165, 1.54) is 0 Å². The highest BCUT2D eigenvalue weighted by Crippen LogP contribution is 2.46. The Balaban J connectivity index is 1.35. The topological polar surface area (TPSA) is 109 Å². The van der Waals surface area contributed by atoms with Crippen LogP contribution in [-0.2, 0) is 26.2 Å². The molecular formula is C30H38N4O5. The third kappa shape index (κ3) is 5.13. The van der Waals surface area contributed by atoms with Gasteiger partial charge in [0, 0.05) is 50.1 Å². The second-order valence-corrected chi connectivity index (χ2v) is 11.7. The van der Waals surface area contributed by atoms with Crippen LogP contribution in [0.1, 0.15) is 66.7 Å².